The molecule has 33 heavy (non-hydrogen) atoms. The molecule has 1 fully saturated rings. The molecule has 1 saturated carbocycles. The van der Waals surface area contributed by atoms with E-state index in [-0.39, 0.29) is 5.92 Å². The third-order valence-corrected chi connectivity index (χ3v) is 5.89. The van der Waals surface area contributed by atoms with Gasteiger partial charge in [0.15, 0.2) is 0 Å². The van der Waals surface area contributed by atoms with Crippen molar-refractivity contribution in [3.8, 4) is 11.1 Å². The monoisotopic (exact) mass is 454 g/mol. The topological polar surface area (TPSA) is 102 Å². The van der Waals surface area contributed by atoms with Crippen molar-refractivity contribution < 1.29 is 19.4 Å². The van der Waals surface area contributed by atoms with Crippen LogP contribution in [0.15, 0.2) is 54.6 Å². The smallest absolute Gasteiger partial charge is 0.408 e. The molecule has 1 amide bonds. The van der Waals surface area contributed by atoms with Crippen LogP contribution in [0.3, 0.4) is 0 Å². The zero-order valence-corrected chi connectivity index (χ0v) is 20.2. The number of carboxylic acids is 1. The van der Waals surface area contributed by atoms with E-state index in [2.05, 4.69) is 5.32 Å². The normalized spacial score (nSPS) is 15.2. The number of alkyl carbamates (subject to hydrolysis) is 1. The molecule has 0 heterocycles. The van der Waals surface area contributed by atoms with Gasteiger partial charge in [-0.2, -0.15) is 0 Å². The first-order valence-electron chi connectivity index (χ1n) is 11.7. The van der Waals surface area contributed by atoms with E-state index in [1.165, 1.54) is 32.1 Å². The Hall–Kier alpha value is -2.86. The summed E-state index contributed by atoms with van der Waals surface area (Å²) < 4.78 is 5.49. The molecule has 1 atom stereocenters. The van der Waals surface area contributed by atoms with Crippen LogP contribution in [0.4, 0.5) is 4.79 Å². The second-order valence-electron chi connectivity index (χ2n) is 9.45. The Kier molecular flexibility index (Phi) is 9.92. The highest BCUT2D eigenvalue weighted by Crippen LogP contribution is 2.28. The van der Waals surface area contributed by atoms with Crippen LogP contribution in [-0.4, -0.2) is 29.3 Å². The predicted octanol–water partition coefficient (Wildman–Crippen LogP) is 5.70. The Bertz CT molecular complexity index is 873. The number of carboxylic acid groups (broad SMARTS) is 1. The lowest BCUT2D eigenvalue weighted by molar-refractivity contribution is -0.140. The van der Waals surface area contributed by atoms with Gasteiger partial charge in [-0.15, -0.1) is 0 Å². The fraction of sp³-hybridized carbons (Fsp3) is 0.481. The van der Waals surface area contributed by atoms with Gasteiger partial charge in [0.05, 0.1) is 0 Å². The number of benzene rings is 2. The second-order valence-corrected chi connectivity index (χ2v) is 9.45. The molecule has 0 unspecified atom stereocenters. The van der Waals surface area contributed by atoms with E-state index in [0.717, 1.165) is 16.7 Å². The third kappa shape index (κ3) is 8.54. The number of carbonyl (C=O) groups excluding carboxylic acids is 1. The number of carbonyl (C=O) groups is 2. The van der Waals surface area contributed by atoms with Gasteiger partial charge in [0, 0.05) is 6.04 Å². The van der Waals surface area contributed by atoms with Crippen molar-refractivity contribution in [2.75, 3.05) is 0 Å². The van der Waals surface area contributed by atoms with Crippen LogP contribution < -0.4 is 11.1 Å². The first-order chi connectivity index (χ1) is 15.6. The molecule has 1 aliphatic carbocycles. The Labute approximate surface area is 197 Å². The molecular weight excluding hydrogens is 416 g/mol. The van der Waals surface area contributed by atoms with Crippen molar-refractivity contribution in [3.05, 3.63) is 60.2 Å². The van der Waals surface area contributed by atoms with Crippen LogP contribution in [0.5, 0.6) is 0 Å². The Balaban J connectivity index is 0.000000468. The summed E-state index contributed by atoms with van der Waals surface area (Å²) >= 11 is 0. The molecule has 2 aromatic carbocycles. The van der Waals surface area contributed by atoms with Crippen molar-refractivity contribution in [1.29, 1.82) is 0 Å². The summed E-state index contributed by atoms with van der Waals surface area (Å²) in [6, 6.07) is 17.3. The molecule has 3 rings (SSSR count). The van der Waals surface area contributed by atoms with Crippen LogP contribution in [-0.2, 0) is 15.1 Å². The highest BCUT2D eigenvalue weighted by Gasteiger charge is 2.29. The predicted molar refractivity (Wildman–Crippen MR) is 132 cm³/mol. The van der Waals surface area contributed by atoms with E-state index in [0.29, 0.717) is 6.04 Å². The molecule has 1 aliphatic rings. The highest BCUT2D eigenvalue weighted by molar-refractivity contribution is 5.80. The van der Waals surface area contributed by atoms with Crippen LogP contribution in [0.25, 0.3) is 11.1 Å². The Morgan fingerprint density at radius 1 is 0.970 bits per heavy atom. The van der Waals surface area contributed by atoms with Gasteiger partial charge in [-0.25, -0.2) is 9.59 Å². The molecule has 2 aromatic rings. The number of ether oxygens (including phenoxy) is 1. The van der Waals surface area contributed by atoms with Crippen molar-refractivity contribution in [3.63, 3.8) is 0 Å². The molecule has 6 nitrogen and oxygen atoms in total. The molecule has 0 aromatic heterocycles. The van der Waals surface area contributed by atoms with Crippen LogP contribution in [0.1, 0.15) is 65.4 Å². The lowest BCUT2D eigenvalue weighted by Crippen LogP contribution is -2.46. The molecule has 0 spiro atoms. The Morgan fingerprint density at radius 2 is 1.52 bits per heavy atom. The minimum absolute atomic E-state index is 0.242. The lowest BCUT2D eigenvalue weighted by Gasteiger charge is -2.27. The summed E-state index contributed by atoms with van der Waals surface area (Å²) in [6.07, 6.45) is 5.92. The van der Waals surface area contributed by atoms with Gasteiger partial charge in [0.25, 0.3) is 0 Å². The van der Waals surface area contributed by atoms with Crippen molar-refractivity contribution >= 4 is 12.1 Å². The number of nitrogens with one attached hydrogen (secondary N) is 1. The summed E-state index contributed by atoms with van der Waals surface area (Å²) in [7, 11) is 0. The molecular formula is C27H38N2O4. The third-order valence-electron chi connectivity index (χ3n) is 5.89. The first kappa shape index (κ1) is 26.4. The summed E-state index contributed by atoms with van der Waals surface area (Å²) in [5.74, 6) is -1.32. The van der Waals surface area contributed by atoms with E-state index in [1.807, 2.05) is 54.6 Å². The SMILES string of the molecule is CC(C)[C@H](NC(=O)OC(C)(C)c1ccc(-c2ccccc2)cc1)C(=O)O.NC1CCCCC1. The van der Waals surface area contributed by atoms with Gasteiger partial charge in [-0.05, 0) is 49.3 Å². The second kappa shape index (κ2) is 12.4. The number of aliphatic carboxylic acids is 1. The summed E-state index contributed by atoms with van der Waals surface area (Å²) in [5, 5.41) is 11.6. The van der Waals surface area contributed by atoms with Crippen molar-refractivity contribution in [1.82, 2.24) is 5.32 Å². The van der Waals surface area contributed by atoms with Gasteiger partial charge >= 0.3 is 12.1 Å². The number of rotatable bonds is 6. The molecule has 6 heteroatoms. The lowest BCUT2D eigenvalue weighted by atomic mass is 9.95. The van der Waals surface area contributed by atoms with Crippen LogP contribution in [0, 0.1) is 5.92 Å². The van der Waals surface area contributed by atoms with Crippen LogP contribution in [0.2, 0.25) is 0 Å². The molecule has 180 valence electrons. The maximum Gasteiger partial charge on any atom is 0.408 e. The van der Waals surface area contributed by atoms with Crippen LogP contribution >= 0.6 is 0 Å². The molecule has 4 N–H and O–H groups in total. The van der Waals surface area contributed by atoms with Gasteiger partial charge in [-0.1, -0.05) is 87.7 Å². The van der Waals surface area contributed by atoms with Gasteiger partial charge in [0.2, 0.25) is 0 Å². The fourth-order valence-electron chi connectivity index (χ4n) is 3.79. The average Bonchev–Trinajstić information content (AvgIpc) is 2.78. The number of hydrogen-bond donors (Lipinski definition) is 3. The largest absolute Gasteiger partial charge is 0.480 e. The quantitative estimate of drug-likeness (QED) is 0.519. The zero-order chi connectivity index (χ0) is 24.4. The first-order valence-corrected chi connectivity index (χ1v) is 11.7. The van der Waals surface area contributed by atoms with Crippen molar-refractivity contribution in [2.24, 2.45) is 11.7 Å². The maximum absolute atomic E-state index is 12.1. The number of hydrogen-bond acceptors (Lipinski definition) is 4. The van der Waals surface area contributed by atoms with E-state index >= 15 is 0 Å². The summed E-state index contributed by atoms with van der Waals surface area (Å²) in [4.78, 5) is 23.4. The van der Waals surface area contributed by atoms with Crippen molar-refractivity contribution in [2.45, 2.75) is 77.5 Å². The van der Waals surface area contributed by atoms with Gasteiger partial charge in [0.1, 0.15) is 11.6 Å². The molecule has 0 bridgehead atoms. The molecule has 0 radical (unpaired) electrons. The standard InChI is InChI=1S/C21H25NO4.C6H13N/c1-14(2)18(19(23)24)22-20(25)26-21(3,4)17-12-10-16(11-13-17)15-8-6-5-7-9-15;7-6-4-2-1-3-5-6/h5-14,18H,1-4H3,(H,22,25)(H,23,24);6H,1-5,7H2/t18-;/m0./s1. The molecule has 0 aliphatic heterocycles. The molecule has 0 saturated heterocycles. The summed E-state index contributed by atoms with van der Waals surface area (Å²) in [5.41, 5.74) is 7.75. The van der Waals surface area contributed by atoms with E-state index in [9.17, 15) is 14.7 Å². The number of amides is 1. The summed E-state index contributed by atoms with van der Waals surface area (Å²) in [6.45, 7) is 7.00. The minimum atomic E-state index is -1.08. The zero-order valence-electron chi connectivity index (χ0n) is 20.2. The maximum atomic E-state index is 12.1. The Morgan fingerprint density at radius 3 is 1.97 bits per heavy atom. The fourth-order valence-corrected chi connectivity index (χ4v) is 3.79. The van der Waals surface area contributed by atoms with E-state index in [4.69, 9.17) is 10.5 Å². The number of nitrogens with two attached hydrogens (primary N) is 1. The average molecular weight is 455 g/mol. The van der Waals surface area contributed by atoms with Gasteiger partial charge < -0.3 is 20.9 Å². The van der Waals surface area contributed by atoms with Gasteiger partial charge in [-0.3, -0.25) is 0 Å². The van der Waals surface area contributed by atoms with E-state index in [1.54, 1.807) is 27.7 Å². The highest BCUT2D eigenvalue weighted by atomic mass is 16.6. The van der Waals surface area contributed by atoms with E-state index < -0.39 is 23.7 Å². The minimum Gasteiger partial charge on any atom is -0.480 e.